The molecule has 3 rings (SSSR count). The number of benzene rings is 1. The van der Waals surface area contributed by atoms with Gasteiger partial charge in [-0.2, -0.15) is 5.10 Å². The van der Waals surface area contributed by atoms with Gasteiger partial charge in [0, 0.05) is 17.8 Å². The molecule has 2 N–H and O–H groups in total. The minimum absolute atomic E-state index is 0.00274. The van der Waals surface area contributed by atoms with E-state index in [0.717, 1.165) is 30.5 Å². The molecule has 7 heteroatoms. The standard InChI is InChI=1S/C18H20FN3O3/c1-18(2,17(24)25)10-20-16(23)15-13-7-4-8-14(13)22(21-15)12-6-3-5-11(19)9-12/h3,5-6,9H,4,7-8,10H2,1-2H3,(H,20,23)(H,24,25). The highest BCUT2D eigenvalue weighted by atomic mass is 19.1. The van der Waals surface area contributed by atoms with Crippen molar-refractivity contribution in [3.05, 3.63) is 47.0 Å². The number of carboxylic acid groups (broad SMARTS) is 1. The van der Waals surface area contributed by atoms with Gasteiger partial charge in [0.2, 0.25) is 0 Å². The Morgan fingerprint density at radius 2 is 2.12 bits per heavy atom. The number of rotatable bonds is 5. The maximum Gasteiger partial charge on any atom is 0.310 e. The van der Waals surface area contributed by atoms with Crippen molar-refractivity contribution >= 4 is 11.9 Å². The van der Waals surface area contributed by atoms with Crippen LogP contribution in [-0.2, 0) is 17.6 Å². The third-order valence-corrected chi connectivity index (χ3v) is 4.47. The van der Waals surface area contributed by atoms with Crippen molar-refractivity contribution in [1.82, 2.24) is 15.1 Å². The summed E-state index contributed by atoms with van der Waals surface area (Å²) in [4.78, 5) is 23.7. The van der Waals surface area contributed by atoms with Crippen LogP contribution < -0.4 is 5.32 Å². The van der Waals surface area contributed by atoms with Gasteiger partial charge in [-0.15, -0.1) is 0 Å². The average Bonchev–Trinajstić information content (AvgIpc) is 3.14. The predicted molar refractivity (Wildman–Crippen MR) is 89.3 cm³/mol. The molecule has 6 nitrogen and oxygen atoms in total. The van der Waals surface area contributed by atoms with E-state index in [4.69, 9.17) is 5.11 Å². The third-order valence-electron chi connectivity index (χ3n) is 4.47. The maximum absolute atomic E-state index is 13.5. The first-order chi connectivity index (χ1) is 11.8. The summed E-state index contributed by atoms with van der Waals surface area (Å²) in [6.45, 7) is 3.10. The Balaban J connectivity index is 1.89. The highest BCUT2D eigenvalue weighted by Gasteiger charge is 2.31. The summed E-state index contributed by atoms with van der Waals surface area (Å²) in [5.74, 6) is -1.75. The van der Waals surface area contributed by atoms with E-state index in [1.807, 2.05) is 0 Å². The molecule has 0 radical (unpaired) electrons. The second-order valence-corrected chi connectivity index (χ2v) is 6.89. The van der Waals surface area contributed by atoms with Crippen LogP contribution in [0, 0.1) is 11.2 Å². The van der Waals surface area contributed by atoms with E-state index in [0.29, 0.717) is 5.69 Å². The Morgan fingerprint density at radius 1 is 1.36 bits per heavy atom. The lowest BCUT2D eigenvalue weighted by Crippen LogP contribution is -2.39. The Hall–Kier alpha value is -2.70. The minimum atomic E-state index is -1.07. The van der Waals surface area contributed by atoms with Gasteiger partial charge in [-0.1, -0.05) is 6.07 Å². The Kier molecular flexibility index (Phi) is 4.32. The number of hydrogen-bond acceptors (Lipinski definition) is 3. The van der Waals surface area contributed by atoms with Gasteiger partial charge in [-0.05, 0) is 51.3 Å². The van der Waals surface area contributed by atoms with E-state index in [1.54, 1.807) is 30.7 Å². The second-order valence-electron chi connectivity index (χ2n) is 6.89. The number of carbonyl (C=O) groups is 2. The molecule has 0 spiro atoms. The van der Waals surface area contributed by atoms with Gasteiger partial charge in [-0.3, -0.25) is 9.59 Å². The topological polar surface area (TPSA) is 84.2 Å². The quantitative estimate of drug-likeness (QED) is 0.871. The minimum Gasteiger partial charge on any atom is -0.481 e. The van der Waals surface area contributed by atoms with Crippen molar-refractivity contribution < 1.29 is 19.1 Å². The van der Waals surface area contributed by atoms with Crippen molar-refractivity contribution in [3.8, 4) is 5.69 Å². The molecule has 1 aromatic carbocycles. The SMILES string of the molecule is CC(C)(CNC(=O)c1nn(-c2cccc(F)c2)c2c1CCC2)C(=O)O. The zero-order chi connectivity index (χ0) is 18.2. The number of nitrogens with zero attached hydrogens (tertiary/aromatic N) is 2. The molecule has 0 bridgehead atoms. The summed E-state index contributed by atoms with van der Waals surface area (Å²) in [6, 6.07) is 6.07. The van der Waals surface area contributed by atoms with E-state index in [9.17, 15) is 14.0 Å². The molecule has 1 heterocycles. The molecular weight excluding hydrogens is 325 g/mol. The highest BCUT2D eigenvalue weighted by Crippen LogP contribution is 2.28. The Bertz CT molecular complexity index is 842. The summed E-state index contributed by atoms with van der Waals surface area (Å²) < 4.78 is 15.1. The van der Waals surface area contributed by atoms with Crippen molar-refractivity contribution in [2.75, 3.05) is 6.54 Å². The van der Waals surface area contributed by atoms with E-state index in [2.05, 4.69) is 10.4 Å². The normalized spacial score (nSPS) is 13.6. The Morgan fingerprint density at radius 3 is 2.80 bits per heavy atom. The van der Waals surface area contributed by atoms with Crippen LogP contribution >= 0.6 is 0 Å². The van der Waals surface area contributed by atoms with Crippen LogP contribution in [0.3, 0.4) is 0 Å². The van der Waals surface area contributed by atoms with Gasteiger partial charge in [0.1, 0.15) is 5.82 Å². The van der Waals surface area contributed by atoms with Crippen molar-refractivity contribution in [3.63, 3.8) is 0 Å². The number of fused-ring (bicyclic) bond motifs is 1. The molecule has 25 heavy (non-hydrogen) atoms. The number of halogens is 1. The fourth-order valence-electron chi connectivity index (χ4n) is 2.90. The molecule has 0 saturated carbocycles. The summed E-state index contributed by atoms with van der Waals surface area (Å²) in [7, 11) is 0. The van der Waals surface area contributed by atoms with E-state index >= 15 is 0 Å². The van der Waals surface area contributed by atoms with Crippen LogP contribution in [0.5, 0.6) is 0 Å². The van der Waals surface area contributed by atoms with Crippen LogP contribution in [0.4, 0.5) is 4.39 Å². The lowest BCUT2D eigenvalue weighted by Gasteiger charge is -2.19. The number of aromatic nitrogens is 2. The van der Waals surface area contributed by atoms with Crippen LogP contribution in [-0.4, -0.2) is 33.3 Å². The molecule has 1 aromatic heterocycles. The number of nitrogens with one attached hydrogen (secondary N) is 1. The smallest absolute Gasteiger partial charge is 0.310 e. The summed E-state index contributed by atoms with van der Waals surface area (Å²) in [5.41, 5.74) is 1.56. The molecular formula is C18H20FN3O3. The van der Waals surface area contributed by atoms with Gasteiger partial charge >= 0.3 is 5.97 Å². The molecule has 0 saturated heterocycles. The van der Waals surface area contributed by atoms with Gasteiger partial charge in [0.05, 0.1) is 11.1 Å². The zero-order valence-corrected chi connectivity index (χ0v) is 14.2. The third kappa shape index (κ3) is 3.26. The number of carbonyl (C=O) groups excluding carboxylic acids is 1. The summed E-state index contributed by atoms with van der Waals surface area (Å²) >= 11 is 0. The van der Waals surface area contributed by atoms with Crippen molar-refractivity contribution in [2.45, 2.75) is 33.1 Å². The number of hydrogen-bond donors (Lipinski definition) is 2. The van der Waals surface area contributed by atoms with Crippen molar-refractivity contribution in [1.29, 1.82) is 0 Å². The first kappa shape index (κ1) is 17.1. The van der Waals surface area contributed by atoms with Crippen LogP contribution in [0.15, 0.2) is 24.3 Å². The van der Waals surface area contributed by atoms with Crippen LogP contribution in [0.25, 0.3) is 5.69 Å². The lowest BCUT2D eigenvalue weighted by atomic mass is 9.94. The largest absolute Gasteiger partial charge is 0.481 e. The molecule has 1 amide bonds. The molecule has 0 unspecified atom stereocenters. The van der Waals surface area contributed by atoms with Gasteiger partial charge in [0.15, 0.2) is 5.69 Å². The van der Waals surface area contributed by atoms with Crippen LogP contribution in [0.1, 0.15) is 42.0 Å². The monoisotopic (exact) mass is 345 g/mol. The van der Waals surface area contributed by atoms with Gasteiger partial charge in [0.25, 0.3) is 5.91 Å². The fourth-order valence-corrected chi connectivity index (χ4v) is 2.90. The summed E-state index contributed by atoms with van der Waals surface area (Å²) in [6.07, 6.45) is 2.41. The molecule has 0 fully saturated rings. The first-order valence-corrected chi connectivity index (χ1v) is 8.18. The van der Waals surface area contributed by atoms with Crippen molar-refractivity contribution in [2.24, 2.45) is 5.41 Å². The molecule has 1 aliphatic carbocycles. The molecule has 1 aliphatic rings. The van der Waals surface area contributed by atoms with E-state index in [1.165, 1.54) is 12.1 Å². The molecule has 2 aromatic rings. The van der Waals surface area contributed by atoms with E-state index < -0.39 is 17.3 Å². The summed E-state index contributed by atoms with van der Waals surface area (Å²) in [5, 5.41) is 16.2. The van der Waals surface area contributed by atoms with Crippen LogP contribution in [0.2, 0.25) is 0 Å². The molecule has 132 valence electrons. The van der Waals surface area contributed by atoms with E-state index in [-0.39, 0.29) is 18.1 Å². The predicted octanol–water partition coefficient (Wildman–Crippen LogP) is 2.34. The average molecular weight is 345 g/mol. The zero-order valence-electron chi connectivity index (χ0n) is 14.2. The molecule has 0 atom stereocenters. The first-order valence-electron chi connectivity index (χ1n) is 8.18. The highest BCUT2D eigenvalue weighted by molar-refractivity contribution is 5.94. The maximum atomic E-state index is 13.5. The van der Waals surface area contributed by atoms with Gasteiger partial charge in [-0.25, -0.2) is 9.07 Å². The fraction of sp³-hybridized carbons (Fsp3) is 0.389. The molecule has 0 aliphatic heterocycles. The van der Waals surface area contributed by atoms with Gasteiger partial charge < -0.3 is 10.4 Å². The Labute approximate surface area is 144 Å². The second kappa shape index (κ2) is 6.31. The lowest BCUT2D eigenvalue weighted by molar-refractivity contribution is -0.146. The number of aliphatic carboxylic acids is 1. The number of carboxylic acids is 1. The number of amides is 1.